The lowest BCUT2D eigenvalue weighted by molar-refractivity contribution is -0.115. The first-order chi connectivity index (χ1) is 15.1. The van der Waals surface area contributed by atoms with E-state index < -0.39 is 5.82 Å². The Morgan fingerprint density at radius 1 is 1.03 bits per heavy atom. The van der Waals surface area contributed by atoms with Crippen molar-refractivity contribution in [1.29, 1.82) is 0 Å². The van der Waals surface area contributed by atoms with E-state index in [0.717, 1.165) is 32.9 Å². The van der Waals surface area contributed by atoms with Gasteiger partial charge >= 0.3 is 0 Å². The number of anilines is 2. The second kappa shape index (κ2) is 8.37. The number of rotatable bonds is 4. The van der Waals surface area contributed by atoms with Gasteiger partial charge in [0.15, 0.2) is 0 Å². The Kier molecular flexibility index (Phi) is 5.43. The van der Waals surface area contributed by atoms with E-state index in [4.69, 9.17) is 16.0 Å². The molecule has 0 unspecified atom stereocenters. The third kappa shape index (κ3) is 3.94. The van der Waals surface area contributed by atoms with Crippen LogP contribution in [0.1, 0.15) is 0 Å². The van der Waals surface area contributed by atoms with Gasteiger partial charge in [0.25, 0.3) is 11.1 Å². The van der Waals surface area contributed by atoms with Crippen LogP contribution in [0.15, 0.2) is 86.2 Å². The van der Waals surface area contributed by atoms with E-state index in [1.807, 2.05) is 30.3 Å². The average molecular weight is 470 g/mol. The summed E-state index contributed by atoms with van der Waals surface area (Å²) in [7, 11) is 0. The minimum atomic E-state index is -0.449. The molecule has 0 aliphatic carbocycles. The summed E-state index contributed by atoms with van der Waals surface area (Å²) in [6.07, 6.45) is 0. The molecule has 0 bridgehead atoms. The Bertz CT molecular complexity index is 1300. The van der Waals surface area contributed by atoms with E-state index in [1.165, 1.54) is 6.07 Å². The highest BCUT2D eigenvalue weighted by Gasteiger charge is 2.28. The van der Waals surface area contributed by atoms with Crippen LogP contribution in [0.4, 0.5) is 15.8 Å². The summed E-state index contributed by atoms with van der Waals surface area (Å²) in [5, 5.41) is 8.58. The molecule has 1 aromatic heterocycles. The molecule has 5 rings (SSSR count). The number of halogens is 2. The van der Waals surface area contributed by atoms with E-state index in [9.17, 15) is 9.18 Å². The summed E-state index contributed by atoms with van der Waals surface area (Å²) in [6, 6.07) is 19.4. The van der Waals surface area contributed by atoms with Gasteiger partial charge in [-0.25, -0.2) is 4.39 Å². The van der Waals surface area contributed by atoms with E-state index >= 15 is 0 Å². The number of fused-ring (bicyclic) bond motifs is 2. The number of carbonyl (C=O) groups excluding carboxylic acids is 1. The number of benzene rings is 3. The largest absolute Gasteiger partial charge is 0.411 e. The quantitative estimate of drug-likeness (QED) is 0.320. The lowest BCUT2D eigenvalue weighted by Crippen LogP contribution is -2.30. The van der Waals surface area contributed by atoms with E-state index in [1.54, 1.807) is 47.0 Å². The predicted octanol–water partition coefficient (Wildman–Crippen LogP) is 6.45. The number of hydrogen-bond acceptors (Lipinski definition) is 6. The number of para-hydroxylation sites is 1. The van der Waals surface area contributed by atoms with Gasteiger partial charge in [-0.2, -0.15) is 0 Å². The van der Waals surface area contributed by atoms with Gasteiger partial charge in [0.1, 0.15) is 5.82 Å². The lowest BCUT2D eigenvalue weighted by Gasteiger charge is -2.31. The molecule has 0 atom stereocenters. The molecule has 4 aromatic rings. The molecular formula is C22H13ClFN3O2S2. The van der Waals surface area contributed by atoms with E-state index in [2.05, 4.69) is 10.2 Å². The minimum Gasteiger partial charge on any atom is -0.411 e. The molecule has 0 fully saturated rings. The maximum Gasteiger partial charge on any atom is 0.277 e. The lowest BCUT2D eigenvalue weighted by atomic mass is 10.2. The van der Waals surface area contributed by atoms with Crippen LogP contribution in [0.5, 0.6) is 0 Å². The van der Waals surface area contributed by atoms with Crippen LogP contribution in [0.2, 0.25) is 5.02 Å². The first kappa shape index (κ1) is 20.1. The zero-order valence-electron chi connectivity index (χ0n) is 15.8. The SMILES string of the molecule is O=C(CSc1nnc(-c2ccccc2F)o1)N1c2ccccc2Sc2ccc(Cl)cc21. The second-order valence-corrected chi connectivity index (χ2v) is 9.00. The van der Waals surface area contributed by atoms with Crippen LogP contribution in [0.3, 0.4) is 0 Å². The molecule has 0 saturated carbocycles. The fraction of sp³-hybridized carbons (Fsp3) is 0.0455. The number of carbonyl (C=O) groups is 1. The average Bonchev–Trinajstić information content (AvgIpc) is 3.25. The van der Waals surface area contributed by atoms with Gasteiger partial charge in [0.2, 0.25) is 5.91 Å². The van der Waals surface area contributed by atoms with Gasteiger partial charge in [0.05, 0.1) is 22.7 Å². The summed E-state index contributed by atoms with van der Waals surface area (Å²) in [5.41, 5.74) is 1.75. The number of nitrogens with zero attached hydrogens (tertiary/aromatic N) is 3. The molecule has 9 heteroatoms. The van der Waals surface area contributed by atoms with Gasteiger partial charge in [-0.05, 0) is 42.5 Å². The maximum atomic E-state index is 13.9. The molecule has 3 aromatic carbocycles. The Balaban J connectivity index is 1.39. The Hall–Kier alpha value is -2.81. The molecule has 1 amide bonds. The Labute approximate surface area is 190 Å². The van der Waals surface area contributed by atoms with E-state index in [0.29, 0.717) is 5.02 Å². The van der Waals surface area contributed by atoms with Crippen LogP contribution in [-0.4, -0.2) is 21.9 Å². The standard InChI is InChI=1S/C22H13ClFN3O2S2/c23-13-9-10-19-17(11-13)27(16-7-3-4-8-18(16)31-19)20(28)12-30-22-26-25-21(29-22)14-5-1-2-6-15(14)24/h1-11H,12H2. The van der Waals surface area contributed by atoms with Crippen LogP contribution >= 0.6 is 35.1 Å². The summed E-state index contributed by atoms with van der Waals surface area (Å²) < 4.78 is 19.5. The van der Waals surface area contributed by atoms with Crippen LogP contribution in [0, 0.1) is 5.82 Å². The zero-order chi connectivity index (χ0) is 21.4. The van der Waals surface area contributed by atoms with Crippen molar-refractivity contribution in [2.75, 3.05) is 10.7 Å². The molecule has 2 heterocycles. The first-order valence-corrected chi connectivity index (χ1v) is 11.4. The van der Waals surface area contributed by atoms with Crippen molar-refractivity contribution < 1.29 is 13.6 Å². The fourth-order valence-electron chi connectivity index (χ4n) is 3.20. The van der Waals surface area contributed by atoms with Crippen molar-refractivity contribution in [3.8, 4) is 11.5 Å². The highest BCUT2D eigenvalue weighted by molar-refractivity contribution is 8.00. The van der Waals surface area contributed by atoms with Gasteiger partial charge in [-0.3, -0.25) is 9.69 Å². The van der Waals surface area contributed by atoms with Gasteiger partial charge in [-0.1, -0.05) is 59.4 Å². The summed E-state index contributed by atoms with van der Waals surface area (Å²) >= 11 is 8.90. The molecule has 0 N–H and O–H groups in total. The molecule has 1 aliphatic rings. The smallest absolute Gasteiger partial charge is 0.277 e. The molecular weight excluding hydrogens is 457 g/mol. The van der Waals surface area contributed by atoms with Crippen molar-refractivity contribution in [3.05, 3.63) is 77.6 Å². The molecule has 1 aliphatic heterocycles. The van der Waals surface area contributed by atoms with Crippen LogP contribution in [-0.2, 0) is 4.79 Å². The second-order valence-electron chi connectivity index (χ2n) is 6.55. The Morgan fingerprint density at radius 2 is 1.81 bits per heavy atom. The fourth-order valence-corrected chi connectivity index (χ4v) is 5.01. The monoisotopic (exact) mass is 469 g/mol. The first-order valence-electron chi connectivity index (χ1n) is 9.21. The van der Waals surface area contributed by atoms with Crippen LogP contribution in [0.25, 0.3) is 11.5 Å². The summed E-state index contributed by atoms with van der Waals surface area (Å²) in [6.45, 7) is 0. The number of thioether (sulfide) groups is 1. The van der Waals surface area contributed by atoms with Gasteiger partial charge < -0.3 is 4.42 Å². The topological polar surface area (TPSA) is 59.2 Å². The maximum absolute atomic E-state index is 13.9. The molecule has 0 radical (unpaired) electrons. The van der Waals surface area contributed by atoms with Crippen LogP contribution < -0.4 is 4.90 Å². The van der Waals surface area contributed by atoms with Crippen molar-refractivity contribution in [2.24, 2.45) is 0 Å². The zero-order valence-corrected chi connectivity index (χ0v) is 18.2. The summed E-state index contributed by atoms with van der Waals surface area (Å²) in [4.78, 5) is 16.8. The van der Waals surface area contributed by atoms with Crippen molar-refractivity contribution in [2.45, 2.75) is 15.0 Å². The molecule has 0 saturated heterocycles. The number of amides is 1. The van der Waals surface area contributed by atoms with Crippen molar-refractivity contribution >= 4 is 52.4 Å². The predicted molar refractivity (Wildman–Crippen MR) is 120 cm³/mol. The minimum absolute atomic E-state index is 0.0594. The van der Waals surface area contributed by atoms with Gasteiger partial charge in [-0.15, -0.1) is 10.2 Å². The third-order valence-corrected chi connectivity index (χ3v) is 6.74. The number of aromatic nitrogens is 2. The van der Waals surface area contributed by atoms with E-state index in [-0.39, 0.29) is 28.3 Å². The van der Waals surface area contributed by atoms with Crippen molar-refractivity contribution in [1.82, 2.24) is 10.2 Å². The molecule has 31 heavy (non-hydrogen) atoms. The normalized spacial score (nSPS) is 12.4. The summed E-state index contributed by atoms with van der Waals surface area (Å²) in [5.74, 6) is -0.476. The van der Waals surface area contributed by atoms with Crippen molar-refractivity contribution in [3.63, 3.8) is 0 Å². The molecule has 5 nitrogen and oxygen atoms in total. The molecule has 0 spiro atoms. The Morgan fingerprint density at radius 3 is 2.68 bits per heavy atom. The highest BCUT2D eigenvalue weighted by atomic mass is 35.5. The molecule has 154 valence electrons. The third-order valence-electron chi connectivity index (χ3n) is 4.57. The van der Waals surface area contributed by atoms with Gasteiger partial charge in [0, 0.05) is 14.8 Å². The number of hydrogen-bond donors (Lipinski definition) is 0. The highest BCUT2D eigenvalue weighted by Crippen LogP contribution is 2.49.